The van der Waals surface area contributed by atoms with Gasteiger partial charge in [-0.2, -0.15) is 0 Å². The highest BCUT2D eigenvalue weighted by molar-refractivity contribution is 8.00. The van der Waals surface area contributed by atoms with Crippen molar-refractivity contribution in [3.05, 3.63) is 29.3 Å². The third-order valence-corrected chi connectivity index (χ3v) is 4.80. The zero-order valence-electron chi connectivity index (χ0n) is 10.5. The van der Waals surface area contributed by atoms with Crippen LogP contribution in [-0.2, 0) is 6.61 Å². The molecule has 0 spiro atoms. The first-order valence-electron chi connectivity index (χ1n) is 6.35. The molecule has 0 saturated heterocycles. The van der Waals surface area contributed by atoms with Crippen LogP contribution in [0.15, 0.2) is 17.0 Å². The fourth-order valence-electron chi connectivity index (χ4n) is 2.47. The minimum absolute atomic E-state index is 0.103. The lowest BCUT2D eigenvalue weighted by Gasteiger charge is -2.26. The average Bonchev–Trinajstić information content (AvgIpc) is 2.33. The summed E-state index contributed by atoms with van der Waals surface area (Å²) in [5.41, 5.74) is 0.284. The zero-order valence-corrected chi connectivity index (χ0v) is 11.3. The fraction of sp³-hybridized carbons (Fsp3) is 0.571. The van der Waals surface area contributed by atoms with Gasteiger partial charge in [-0.25, -0.2) is 8.78 Å². The van der Waals surface area contributed by atoms with Crippen molar-refractivity contribution in [1.29, 1.82) is 0 Å². The first kappa shape index (κ1) is 13.8. The number of aliphatic hydroxyl groups is 1. The fourth-order valence-corrected chi connectivity index (χ4v) is 3.85. The van der Waals surface area contributed by atoms with E-state index in [2.05, 4.69) is 6.92 Å². The van der Waals surface area contributed by atoms with E-state index in [9.17, 15) is 8.78 Å². The third-order valence-electron chi connectivity index (χ3n) is 3.41. The number of rotatable bonds is 3. The molecule has 1 nitrogen and oxygen atoms in total. The lowest BCUT2D eigenvalue weighted by molar-refractivity contribution is 0.280. The summed E-state index contributed by atoms with van der Waals surface area (Å²) in [7, 11) is 0. The smallest absolute Gasteiger partial charge is 0.140 e. The molecular formula is C14H18F2OS. The number of hydrogen-bond donors (Lipinski definition) is 1. The molecule has 1 aromatic carbocycles. The normalized spacial score (nSPS) is 24.2. The SMILES string of the molecule is CC1CCCC(Sc2c(F)cc(CO)cc2F)C1. The van der Waals surface area contributed by atoms with Crippen molar-refractivity contribution in [2.24, 2.45) is 5.92 Å². The van der Waals surface area contributed by atoms with Gasteiger partial charge in [0.15, 0.2) is 0 Å². The molecule has 2 unspecified atom stereocenters. The van der Waals surface area contributed by atoms with Gasteiger partial charge in [-0.15, -0.1) is 11.8 Å². The van der Waals surface area contributed by atoms with E-state index >= 15 is 0 Å². The van der Waals surface area contributed by atoms with Gasteiger partial charge in [0, 0.05) is 5.25 Å². The van der Waals surface area contributed by atoms with Gasteiger partial charge in [-0.1, -0.05) is 19.8 Å². The van der Waals surface area contributed by atoms with Gasteiger partial charge < -0.3 is 5.11 Å². The summed E-state index contributed by atoms with van der Waals surface area (Å²) in [6.45, 7) is 1.85. The Morgan fingerprint density at radius 3 is 2.50 bits per heavy atom. The predicted octanol–water partition coefficient (Wildman–Crippen LogP) is 4.13. The van der Waals surface area contributed by atoms with E-state index in [4.69, 9.17) is 5.11 Å². The Morgan fingerprint density at radius 1 is 1.28 bits per heavy atom. The van der Waals surface area contributed by atoms with Crippen molar-refractivity contribution < 1.29 is 13.9 Å². The molecule has 100 valence electrons. The summed E-state index contributed by atoms with van der Waals surface area (Å²) in [4.78, 5) is 0.103. The van der Waals surface area contributed by atoms with Crippen LogP contribution in [-0.4, -0.2) is 10.4 Å². The molecule has 0 heterocycles. The van der Waals surface area contributed by atoms with Crippen LogP contribution in [0.2, 0.25) is 0 Å². The number of halogens is 2. The number of thioether (sulfide) groups is 1. The maximum absolute atomic E-state index is 13.8. The molecule has 0 aliphatic heterocycles. The van der Waals surface area contributed by atoms with Crippen molar-refractivity contribution in [3.8, 4) is 0 Å². The second-order valence-electron chi connectivity index (χ2n) is 5.06. The second-order valence-corrected chi connectivity index (χ2v) is 6.37. The molecule has 1 aliphatic rings. The molecule has 0 bridgehead atoms. The largest absolute Gasteiger partial charge is 0.392 e. The van der Waals surface area contributed by atoms with E-state index in [1.54, 1.807) is 0 Å². The van der Waals surface area contributed by atoms with Gasteiger partial charge in [0.05, 0.1) is 11.5 Å². The van der Waals surface area contributed by atoms with Crippen molar-refractivity contribution in [3.63, 3.8) is 0 Å². The lowest BCUT2D eigenvalue weighted by Crippen LogP contribution is -2.15. The molecule has 1 fully saturated rings. The molecule has 1 saturated carbocycles. The van der Waals surface area contributed by atoms with Gasteiger partial charge in [0.1, 0.15) is 11.6 Å². The van der Waals surface area contributed by atoms with Crippen LogP contribution in [0.4, 0.5) is 8.78 Å². The van der Waals surface area contributed by atoms with Gasteiger partial charge in [-0.3, -0.25) is 0 Å². The molecule has 4 heteroatoms. The van der Waals surface area contributed by atoms with E-state index in [1.807, 2.05) is 0 Å². The minimum Gasteiger partial charge on any atom is -0.392 e. The molecule has 1 aromatic rings. The Balaban J connectivity index is 2.13. The van der Waals surface area contributed by atoms with Crippen molar-refractivity contribution >= 4 is 11.8 Å². The van der Waals surface area contributed by atoms with Crippen LogP contribution >= 0.6 is 11.8 Å². The lowest BCUT2D eigenvalue weighted by atomic mass is 9.91. The van der Waals surface area contributed by atoms with Crippen LogP contribution in [0.1, 0.15) is 38.2 Å². The van der Waals surface area contributed by atoms with Crippen molar-refractivity contribution in [1.82, 2.24) is 0 Å². The topological polar surface area (TPSA) is 20.2 Å². The Bertz CT molecular complexity index is 399. The third kappa shape index (κ3) is 3.23. The monoisotopic (exact) mass is 272 g/mol. The first-order chi connectivity index (χ1) is 8.60. The van der Waals surface area contributed by atoms with Gasteiger partial charge in [-0.05, 0) is 36.5 Å². The average molecular weight is 272 g/mol. The molecule has 1 N–H and O–H groups in total. The van der Waals surface area contributed by atoms with E-state index in [-0.39, 0.29) is 17.1 Å². The molecule has 2 atom stereocenters. The van der Waals surface area contributed by atoms with Crippen LogP contribution < -0.4 is 0 Å². The summed E-state index contributed by atoms with van der Waals surface area (Å²) < 4.78 is 27.6. The Hall–Kier alpha value is -0.610. The van der Waals surface area contributed by atoms with Crippen LogP contribution in [0, 0.1) is 17.6 Å². The first-order valence-corrected chi connectivity index (χ1v) is 7.23. The summed E-state index contributed by atoms with van der Waals surface area (Å²) in [6, 6.07) is 2.44. The van der Waals surface area contributed by atoms with Crippen LogP contribution in [0.25, 0.3) is 0 Å². The summed E-state index contributed by atoms with van der Waals surface area (Å²) in [6.07, 6.45) is 4.39. The summed E-state index contributed by atoms with van der Waals surface area (Å²) in [5.74, 6) is -0.469. The van der Waals surface area contributed by atoms with Gasteiger partial charge in [0.25, 0.3) is 0 Å². The van der Waals surface area contributed by atoms with Gasteiger partial charge in [0.2, 0.25) is 0 Å². The minimum atomic E-state index is -0.553. The summed E-state index contributed by atoms with van der Waals surface area (Å²) in [5, 5.41) is 9.20. The van der Waals surface area contributed by atoms with Crippen molar-refractivity contribution in [2.75, 3.05) is 0 Å². The highest BCUT2D eigenvalue weighted by Gasteiger charge is 2.22. The Morgan fingerprint density at radius 2 is 1.94 bits per heavy atom. The zero-order chi connectivity index (χ0) is 13.1. The molecule has 1 aliphatic carbocycles. The van der Waals surface area contributed by atoms with E-state index in [1.165, 1.54) is 30.3 Å². The number of hydrogen-bond acceptors (Lipinski definition) is 2. The standard InChI is InChI=1S/C14H18F2OS/c1-9-3-2-4-11(5-9)18-14-12(15)6-10(8-17)7-13(14)16/h6-7,9,11,17H,2-5,8H2,1H3. The quantitative estimate of drug-likeness (QED) is 0.893. The van der Waals surface area contributed by atoms with Gasteiger partial charge >= 0.3 is 0 Å². The molecule has 0 amide bonds. The molecular weight excluding hydrogens is 254 g/mol. The van der Waals surface area contributed by atoms with Crippen LogP contribution in [0.5, 0.6) is 0 Å². The van der Waals surface area contributed by atoms with E-state index < -0.39 is 11.6 Å². The number of aliphatic hydroxyl groups excluding tert-OH is 1. The maximum atomic E-state index is 13.8. The Kier molecular flexibility index (Phi) is 4.62. The number of benzene rings is 1. The molecule has 0 aromatic heterocycles. The van der Waals surface area contributed by atoms with E-state index in [0.29, 0.717) is 11.2 Å². The highest BCUT2D eigenvalue weighted by atomic mass is 32.2. The molecule has 18 heavy (non-hydrogen) atoms. The van der Waals surface area contributed by atoms with Crippen molar-refractivity contribution in [2.45, 2.75) is 49.4 Å². The summed E-state index contributed by atoms with van der Waals surface area (Å²) >= 11 is 1.31. The molecule has 2 rings (SSSR count). The maximum Gasteiger partial charge on any atom is 0.140 e. The highest BCUT2D eigenvalue weighted by Crippen LogP contribution is 2.38. The van der Waals surface area contributed by atoms with Crippen LogP contribution in [0.3, 0.4) is 0 Å². The predicted molar refractivity (Wildman–Crippen MR) is 69.6 cm³/mol. The molecule has 0 radical (unpaired) electrons. The van der Waals surface area contributed by atoms with E-state index in [0.717, 1.165) is 19.3 Å². The second kappa shape index (κ2) is 6.02. The Labute approximate surface area is 111 Å².